The number of rotatable bonds is 7. The van der Waals surface area contributed by atoms with Gasteiger partial charge in [-0.15, -0.1) is 0 Å². The molecule has 0 bridgehead atoms. The Morgan fingerprint density at radius 2 is 1.57 bits per heavy atom. The quantitative estimate of drug-likeness (QED) is 0.616. The SMILES string of the molecule is CC(C)CC=CCc1ccc(OCc2ccccc2)cc1. The second-order valence-electron chi connectivity index (χ2n) is 5.72. The second kappa shape index (κ2) is 8.31. The maximum atomic E-state index is 5.79. The van der Waals surface area contributed by atoms with Gasteiger partial charge in [-0.05, 0) is 42.0 Å². The molecule has 2 aromatic rings. The lowest BCUT2D eigenvalue weighted by Gasteiger charge is -2.07. The number of hydrogen-bond acceptors (Lipinski definition) is 1. The summed E-state index contributed by atoms with van der Waals surface area (Å²) in [5, 5.41) is 0. The van der Waals surface area contributed by atoms with Crippen LogP contribution in [0.4, 0.5) is 0 Å². The molecule has 0 unspecified atom stereocenters. The molecule has 0 heterocycles. The summed E-state index contributed by atoms with van der Waals surface area (Å²) in [6.07, 6.45) is 6.66. The lowest BCUT2D eigenvalue weighted by atomic mass is 10.1. The Kier molecular flexibility index (Phi) is 6.08. The van der Waals surface area contributed by atoms with Crippen LogP contribution < -0.4 is 4.74 Å². The highest BCUT2D eigenvalue weighted by Gasteiger charge is 1.96. The fourth-order valence-electron chi connectivity index (χ4n) is 2.05. The van der Waals surface area contributed by atoms with E-state index in [0.29, 0.717) is 6.61 Å². The lowest BCUT2D eigenvalue weighted by molar-refractivity contribution is 0.306. The van der Waals surface area contributed by atoms with E-state index in [1.54, 1.807) is 0 Å². The zero-order valence-corrected chi connectivity index (χ0v) is 13.0. The van der Waals surface area contributed by atoms with E-state index < -0.39 is 0 Å². The molecule has 0 aromatic heterocycles. The monoisotopic (exact) mass is 280 g/mol. The van der Waals surface area contributed by atoms with Gasteiger partial charge < -0.3 is 4.74 Å². The first kappa shape index (κ1) is 15.4. The third-order valence-corrected chi connectivity index (χ3v) is 3.30. The molecule has 0 radical (unpaired) electrons. The first-order chi connectivity index (χ1) is 10.2. The van der Waals surface area contributed by atoms with Crippen molar-refractivity contribution in [3.8, 4) is 5.75 Å². The van der Waals surface area contributed by atoms with Crippen LogP contribution in [-0.4, -0.2) is 0 Å². The second-order valence-corrected chi connectivity index (χ2v) is 5.72. The summed E-state index contributed by atoms with van der Waals surface area (Å²) in [4.78, 5) is 0. The van der Waals surface area contributed by atoms with Gasteiger partial charge in [-0.3, -0.25) is 0 Å². The highest BCUT2D eigenvalue weighted by Crippen LogP contribution is 2.15. The van der Waals surface area contributed by atoms with Crippen LogP contribution in [0.5, 0.6) is 5.75 Å². The zero-order valence-electron chi connectivity index (χ0n) is 13.0. The minimum absolute atomic E-state index is 0.620. The summed E-state index contributed by atoms with van der Waals surface area (Å²) < 4.78 is 5.79. The summed E-state index contributed by atoms with van der Waals surface area (Å²) in [7, 11) is 0. The van der Waals surface area contributed by atoms with Crippen LogP contribution in [0.3, 0.4) is 0 Å². The van der Waals surface area contributed by atoms with Crippen LogP contribution in [0.1, 0.15) is 31.4 Å². The molecule has 0 N–H and O–H groups in total. The van der Waals surface area contributed by atoms with Crippen molar-refractivity contribution in [2.75, 3.05) is 0 Å². The van der Waals surface area contributed by atoms with Gasteiger partial charge in [0, 0.05) is 0 Å². The average Bonchev–Trinajstić information content (AvgIpc) is 2.51. The third-order valence-electron chi connectivity index (χ3n) is 3.30. The Hall–Kier alpha value is -2.02. The molecule has 1 heteroatoms. The molecule has 2 aromatic carbocycles. The van der Waals surface area contributed by atoms with Gasteiger partial charge in [0.15, 0.2) is 0 Å². The van der Waals surface area contributed by atoms with Gasteiger partial charge in [0.2, 0.25) is 0 Å². The molecule has 0 spiro atoms. The predicted molar refractivity (Wildman–Crippen MR) is 89.5 cm³/mol. The normalized spacial score (nSPS) is 11.2. The molecule has 0 aliphatic rings. The number of benzene rings is 2. The van der Waals surface area contributed by atoms with Crippen LogP contribution >= 0.6 is 0 Å². The van der Waals surface area contributed by atoms with E-state index in [9.17, 15) is 0 Å². The molecule has 2 rings (SSSR count). The minimum atomic E-state index is 0.620. The Bertz CT molecular complexity index is 538. The molecule has 0 aliphatic heterocycles. The van der Waals surface area contributed by atoms with Gasteiger partial charge in [-0.25, -0.2) is 0 Å². The highest BCUT2D eigenvalue weighted by molar-refractivity contribution is 5.29. The molecule has 0 aliphatic carbocycles. The molecule has 21 heavy (non-hydrogen) atoms. The van der Waals surface area contributed by atoms with Gasteiger partial charge in [0.25, 0.3) is 0 Å². The van der Waals surface area contributed by atoms with Crippen molar-refractivity contribution in [1.29, 1.82) is 0 Å². The first-order valence-corrected chi connectivity index (χ1v) is 7.64. The third kappa shape index (κ3) is 5.86. The van der Waals surface area contributed by atoms with Crippen molar-refractivity contribution >= 4 is 0 Å². The van der Waals surface area contributed by atoms with Crippen LogP contribution in [0, 0.1) is 5.92 Å². The summed E-state index contributed by atoms with van der Waals surface area (Å²) in [6.45, 7) is 5.10. The molecular weight excluding hydrogens is 256 g/mol. The average molecular weight is 280 g/mol. The van der Waals surface area contributed by atoms with Gasteiger partial charge in [-0.2, -0.15) is 0 Å². The predicted octanol–water partition coefficient (Wildman–Crippen LogP) is 5.41. The molecule has 0 atom stereocenters. The summed E-state index contributed by atoms with van der Waals surface area (Å²) in [5.74, 6) is 1.66. The number of ether oxygens (including phenoxy) is 1. The topological polar surface area (TPSA) is 9.23 Å². The minimum Gasteiger partial charge on any atom is -0.489 e. The maximum Gasteiger partial charge on any atom is 0.119 e. The first-order valence-electron chi connectivity index (χ1n) is 7.64. The van der Waals surface area contributed by atoms with Crippen molar-refractivity contribution in [3.05, 3.63) is 77.9 Å². The van der Waals surface area contributed by atoms with Crippen LogP contribution in [0.2, 0.25) is 0 Å². The van der Waals surface area contributed by atoms with Crippen molar-refractivity contribution in [1.82, 2.24) is 0 Å². The molecule has 1 nitrogen and oxygen atoms in total. The lowest BCUT2D eigenvalue weighted by Crippen LogP contribution is -1.95. The van der Waals surface area contributed by atoms with Crippen molar-refractivity contribution in [2.24, 2.45) is 5.92 Å². The largest absolute Gasteiger partial charge is 0.489 e. The van der Waals surface area contributed by atoms with E-state index in [2.05, 4.69) is 62.4 Å². The van der Waals surface area contributed by atoms with Gasteiger partial charge in [0.1, 0.15) is 12.4 Å². The maximum absolute atomic E-state index is 5.79. The van der Waals surface area contributed by atoms with E-state index in [4.69, 9.17) is 4.74 Å². The fourth-order valence-corrected chi connectivity index (χ4v) is 2.05. The van der Waals surface area contributed by atoms with E-state index in [1.807, 2.05) is 18.2 Å². The zero-order chi connectivity index (χ0) is 14.9. The number of hydrogen-bond donors (Lipinski definition) is 0. The van der Waals surface area contributed by atoms with Gasteiger partial charge >= 0.3 is 0 Å². The Labute approximate surface area is 128 Å². The van der Waals surface area contributed by atoms with Crippen molar-refractivity contribution < 1.29 is 4.74 Å². The smallest absolute Gasteiger partial charge is 0.119 e. The van der Waals surface area contributed by atoms with Crippen LogP contribution in [0.15, 0.2) is 66.7 Å². The van der Waals surface area contributed by atoms with E-state index >= 15 is 0 Å². The molecule has 0 saturated heterocycles. The Balaban J connectivity index is 1.80. The van der Waals surface area contributed by atoms with Gasteiger partial charge in [0.05, 0.1) is 0 Å². The van der Waals surface area contributed by atoms with Crippen molar-refractivity contribution in [3.63, 3.8) is 0 Å². The highest BCUT2D eigenvalue weighted by atomic mass is 16.5. The Morgan fingerprint density at radius 1 is 0.857 bits per heavy atom. The van der Waals surface area contributed by atoms with E-state index in [0.717, 1.165) is 24.5 Å². The standard InChI is InChI=1S/C20H24O/c1-17(2)8-6-7-9-18-12-14-20(15-13-18)21-16-19-10-4-3-5-11-19/h3-7,10-15,17H,8-9,16H2,1-2H3. The summed E-state index contributed by atoms with van der Waals surface area (Å²) >= 11 is 0. The van der Waals surface area contributed by atoms with E-state index in [1.165, 1.54) is 11.1 Å². The summed E-state index contributed by atoms with van der Waals surface area (Å²) in [6, 6.07) is 18.6. The fraction of sp³-hybridized carbons (Fsp3) is 0.300. The molecule has 0 saturated carbocycles. The van der Waals surface area contributed by atoms with E-state index in [-0.39, 0.29) is 0 Å². The molecule has 110 valence electrons. The van der Waals surface area contributed by atoms with Crippen LogP contribution in [0.25, 0.3) is 0 Å². The van der Waals surface area contributed by atoms with Gasteiger partial charge in [-0.1, -0.05) is 68.5 Å². The molecule has 0 amide bonds. The molecular formula is C20H24O. The van der Waals surface area contributed by atoms with Crippen molar-refractivity contribution in [2.45, 2.75) is 33.3 Å². The molecule has 0 fully saturated rings. The van der Waals surface area contributed by atoms with Crippen LogP contribution in [-0.2, 0) is 13.0 Å². The summed E-state index contributed by atoms with van der Waals surface area (Å²) in [5.41, 5.74) is 2.51. The Morgan fingerprint density at radius 3 is 2.24 bits per heavy atom. The number of allylic oxidation sites excluding steroid dienone is 2.